The van der Waals surface area contributed by atoms with Crippen molar-refractivity contribution in [2.75, 3.05) is 6.61 Å². The third-order valence-electron chi connectivity index (χ3n) is 2.61. The number of hydrogen-bond donors (Lipinski definition) is 0. The standard InChI is InChI=1S/C13H22O3S/c1-10-6-7-11(2)12(8-10)17(14,15)16-9-13(3,4)5/h8H,6-7,9H2,1-5H3. The van der Waals surface area contributed by atoms with Crippen LogP contribution in [0.5, 0.6) is 0 Å². The van der Waals surface area contributed by atoms with Gasteiger partial charge >= 0.3 is 0 Å². The lowest BCUT2D eigenvalue weighted by Gasteiger charge is -2.20. The molecule has 1 aliphatic rings. The molecule has 3 nitrogen and oxygen atoms in total. The summed E-state index contributed by atoms with van der Waals surface area (Å²) in [5, 5.41) is 0. The first-order valence-electron chi connectivity index (χ1n) is 5.88. The summed E-state index contributed by atoms with van der Waals surface area (Å²) in [6.07, 6.45) is 3.47. The van der Waals surface area contributed by atoms with E-state index >= 15 is 0 Å². The highest BCUT2D eigenvalue weighted by molar-refractivity contribution is 7.91. The van der Waals surface area contributed by atoms with Crippen molar-refractivity contribution in [1.29, 1.82) is 0 Å². The largest absolute Gasteiger partial charge is 0.296 e. The fourth-order valence-corrected chi connectivity index (χ4v) is 3.04. The summed E-state index contributed by atoms with van der Waals surface area (Å²) in [4.78, 5) is 0.352. The topological polar surface area (TPSA) is 43.4 Å². The van der Waals surface area contributed by atoms with Gasteiger partial charge in [0.25, 0.3) is 10.1 Å². The fraction of sp³-hybridized carbons (Fsp3) is 0.692. The zero-order valence-electron chi connectivity index (χ0n) is 11.3. The minimum absolute atomic E-state index is 0.158. The molecule has 0 radical (unpaired) electrons. The summed E-state index contributed by atoms with van der Waals surface area (Å²) in [6, 6.07) is 0. The molecule has 17 heavy (non-hydrogen) atoms. The van der Waals surface area contributed by atoms with Gasteiger partial charge in [-0.05, 0) is 38.2 Å². The molecule has 0 spiro atoms. The second-order valence-electron chi connectivity index (χ2n) is 5.91. The van der Waals surface area contributed by atoms with Gasteiger partial charge in [-0.3, -0.25) is 4.18 Å². The van der Waals surface area contributed by atoms with Crippen LogP contribution in [-0.4, -0.2) is 15.0 Å². The molecule has 4 heteroatoms. The van der Waals surface area contributed by atoms with Gasteiger partial charge in [-0.15, -0.1) is 0 Å². The highest BCUT2D eigenvalue weighted by Gasteiger charge is 2.24. The molecule has 0 unspecified atom stereocenters. The first-order chi connectivity index (χ1) is 7.62. The zero-order valence-corrected chi connectivity index (χ0v) is 12.1. The van der Waals surface area contributed by atoms with E-state index in [1.165, 1.54) is 0 Å². The van der Waals surface area contributed by atoms with Crippen LogP contribution in [0.1, 0.15) is 47.5 Å². The molecular weight excluding hydrogens is 236 g/mol. The highest BCUT2D eigenvalue weighted by Crippen LogP contribution is 2.28. The molecule has 0 aromatic carbocycles. The van der Waals surface area contributed by atoms with Crippen LogP contribution in [0.15, 0.2) is 22.1 Å². The maximum atomic E-state index is 12.1. The molecule has 1 aliphatic carbocycles. The third kappa shape index (κ3) is 4.28. The van der Waals surface area contributed by atoms with Crippen molar-refractivity contribution in [3.05, 3.63) is 22.1 Å². The molecule has 0 atom stereocenters. The summed E-state index contributed by atoms with van der Waals surface area (Å²) in [6.45, 7) is 9.87. The van der Waals surface area contributed by atoms with E-state index in [2.05, 4.69) is 0 Å². The molecule has 0 amide bonds. The average Bonchev–Trinajstić information content (AvgIpc) is 2.18. The Morgan fingerprint density at radius 3 is 2.35 bits per heavy atom. The number of hydrogen-bond acceptors (Lipinski definition) is 3. The molecule has 0 aliphatic heterocycles. The molecule has 0 fully saturated rings. The molecule has 0 heterocycles. The van der Waals surface area contributed by atoms with Gasteiger partial charge in [0.1, 0.15) is 0 Å². The molecule has 0 aromatic rings. The second-order valence-corrected chi connectivity index (χ2v) is 7.50. The Hall–Kier alpha value is -0.610. The second kappa shape index (κ2) is 4.94. The predicted octanol–water partition coefficient (Wildman–Crippen LogP) is 3.39. The van der Waals surface area contributed by atoms with Crippen LogP contribution >= 0.6 is 0 Å². The minimum Gasteiger partial charge on any atom is -0.266 e. The van der Waals surface area contributed by atoms with Crippen molar-refractivity contribution in [2.45, 2.75) is 47.5 Å². The summed E-state index contributed by atoms with van der Waals surface area (Å²) >= 11 is 0. The molecule has 0 saturated heterocycles. The van der Waals surface area contributed by atoms with Crippen molar-refractivity contribution in [3.8, 4) is 0 Å². The molecule has 0 N–H and O–H groups in total. The van der Waals surface area contributed by atoms with Gasteiger partial charge < -0.3 is 0 Å². The van der Waals surface area contributed by atoms with Crippen LogP contribution in [0.25, 0.3) is 0 Å². The van der Waals surface area contributed by atoms with Crippen molar-refractivity contribution in [2.24, 2.45) is 5.41 Å². The quantitative estimate of drug-likeness (QED) is 0.729. The first kappa shape index (κ1) is 14.5. The zero-order chi connectivity index (χ0) is 13.3. The molecule has 1 rings (SSSR count). The Labute approximate surface area is 105 Å². The Bertz CT molecular complexity index is 448. The van der Waals surface area contributed by atoms with Crippen molar-refractivity contribution >= 4 is 10.1 Å². The van der Waals surface area contributed by atoms with E-state index in [1.807, 2.05) is 34.6 Å². The molecule has 98 valence electrons. The van der Waals surface area contributed by atoms with Gasteiger partial charge in [0.15, 0.2) is 0 Å². The average molecular weight is 258 g/mol. The lowest BCUT2D eigenvalue weighted by molar-refractivity contribution is 0.205. The highest BCUT2D eigenvalue weighted by atomic mass is 32.2. The SMILES string of the molecule is CC1=CC(S(=O)(=O)OCC(C)(C)C)=C(C)CC1. The van der Waals surface area contributed by atoms with Crippen molar-refractivity contribution in [3.63, 3.8) is 0 Å². The van der Waals surface area contributed by atoms with E-state index < -0.39 is 10.1 Å². The number of rotatable bonds is 3. The van der Waals surface area contributed by atoms with Crippen LogP contribution in [0, 0.1) is 5.41 Å². The van der Waals surface area contributed by atoms with Crippen molar-refractivity contribution < 1.29 is 12.6 Å². The van der Waals surface area contributed by atoms with E-state index in [4.69, 9.17) is 4.18 Å². The Balaban J connectivity index is 2.92. The monoisotopic (exact) mass is 258 g/mol. The summed E-state index contributed by atoms with van der Waals surface area (Å²) in [5.74, 6) is 0. The first-order valence-corrected chi connectivity index (χ1v) is 7.29. The van der Waals surface area contributed by atoms with Crippen molar-refractivity contribution in [1.82, 2.24) is 0 Å². The van der Waals surface area contributed by atoms with Crippen LogP contribution in [0.3, 0.4) is 0 Å². The lowest BCUT2D eigenvalue weighted by atomic mass is 9.99. The van der Waals surface area contributed by atoms with Crippen LogP contribution in [-0.2, 0) is 14.3 Å². The molecule has 0 bridgehead atoms. The van der Waals surface area contributed by atoms with Gasteiger partial charge in [-0.2, -0.15) is 8.42 Å². The van der Waals surface area contributed by atoms with E-state index in [9.17, 15) is 8.42 Å². The Morgan fingerprint density at radius 1 is 1.24 bits per heavy atom. The Morgan fingerprint density at radius 2 is 1.82 bits per heavy atom. The van der Waals surface area contributed by atoms with E-state index in [1.54, 1.807) is 6.08 Å². The smallest absolute Gasteiger partial charge is 0.266 e. The third-order valence-corrected chi connectivity index (χ3v) is 4.04. The molecule has 0 aromatic heterocycles. The van der Waals surface area contributed by atoms with Crippen LogP contribution in [0.2, 0.25) is 0 Å². The van der Waals surface area contributed by atoms with Gasteiger partial charge in [-0.25, -0.2) is 0 Å². The van der Waals surface area contributed by atoms with Crippen LogP contribution < -0.4 is 0 Å². The van der Waals surface area contributed by atoms with E-state index in [-0.39, 0.29) is 12.0 Å². The normalized spacial score (nSPS) is 18.3. The summed E-state index contributed by atoms with van der Waals surface area (Å²) in [5.41, 5.74) is 1.83. The fourth-order valence-electron chi connectivity index (χ4n) is 1.53. The van der Waals surface area contributed by atoms with Crippen LogP contribution in [0.4, 0.5) is 0 Å². The van der Waals surface area contributed by atoms with Gasteiger partial charge in [0.2, 0.25) is 0 Å². The lowest BCUT2D eigenvalue weighted by Crippen LogP contribution is -2.20. The van der Waals surface area contributed by atoms with Gasteiger partial charge in [0, 0.05) is 0 Å². The maximum absolute atomic E-state index is 12.1. The van der Waals surface area contributed by atoms with E-state index in [0.29, 0.717) is 4.91 Å². The summed E-state index contributed by atoms with van der Waals surface area (Å²) in [7, 11) is -3.60. The minimum atomic E-state index is -3.60. The maximum Gasteiger partial charge on any atom is 0.296 e. The van der Waals surface area contributed by atoms with E-state index in [0.717, 1.165) is 24.0 Å². The summed E-state index contributed by atoms with van der Waals surface area (Å²) < 4.78 is 29.2. The van der Waals surface area contributed by atoms with Gasteiger partial charge in [0.05, 0.1) is 11.5 Å². The Kier molecular flexibility index (Phi) is 4.20. The van der Waals surface area contributed by atoms with Gasteiger partial charge in [-0.1, -0.05) is 31.9 Å². The number of allylic oxidation sites excluding steroid dienone is 3. The molecular formula is C13H22O3S. The predicted molar refractivity (Wildman–Crippen MR) is 70.0 cm³/mol. The molecule has 0 saturated carbocycles.